The number of hydrogen-bond acceptors (Lipinski definition) is 3. The van der Waals surface area contributed by atoms with Crippen molar-refractivity contribution in [3.63, 3.8) is 0 Å². The summed E-state index contributed by atoms with van der Waals surface area (Å²) in [6, 6.07) is 6.29. The number of rotatable bonds is 3. The molecule has 0 aliphatic carbocycles. The van der Waals surface area contributed by atoms with Crippen LogP contribution >= 0.6 is 12.6 Å². The summed E-state index contributed by atoms with van der Waals surface area (Å²) in [5.41, 5.74) is 2.49. The Labute approximate surface area is 90.1 Å². The van der Waals surface area contributed by atoms with Crippen LogP contribution in [0.15, 0.2) is 18.2 Å². The molecule has 0 bridgehead atoms. The van der Waals surface area contributed by atoms with Gasteiger partial charge in [-0.1, -0.05) is 0 Å². The molecule has 1 aliphatic rings. The molecule has 0 atom stereocenters. The molecule has 1 aliphatic heterocycles. The van der Waals surface area contributed by atoms with E-state index in [0.717, 1.165) is 37.5 Å². The summed E-state index contributed by atoms with van der Waals surface area (Å²) in [4.78, 5) is 0. The highest BCUT2D eigenvalue weighted by Crippen LogP contribution is 2.27. The quantitative estimate of drug-likeness (QED) is 0.746. The van der Waals surface area contributed by atoms with Crippen molar-refractivity contribution >= 4 is 18.3 Å². The Morgan fingerprint density at radius 1 is 1.43 bits per heavy atom. The number of anilines is 1. The molecule has 0 spiro atoms. The molecule has 1 aromatic rings. The van der Waals surface area contributed by atoms with Gasteiger partial charge in [0.25, 0.3) is 0 Å². The van der Waals surface area contributed by atoms with E-state index in [1.807, 2.05) is 0 Å². The van der Waals surface area contributed by atoms with Crippen LogP contribution in [0.3, 0.4) is 0 Å². The molecule has 0 saturated heterocycles. The standard InChI is InChI=1S/C11H15NOS/c14-7-5-12-10-3-4-11-9(8-10)2-1-6-13-11/h3-4,8,12,14H,1-2,5-7H2. The second kappa shape index (κ2) is 4.60. The van der Waals surface area contributed by atoms with Crippen LogP contribution in [0.25, 0.3) is 0 Å². The first-order valence-corrected chi connectivity index (χ1v) is 5.64. The molecule has 1 N–H and O–H groups in total. The molecule has 2 rings (SSSR count). The fourth-order valence-corrected chi connectivity index (χ4v) is 1.78. The fraction of sp³-hybridized carbons (Fsp3) is 0.455. The first kappa shape index (κ1) is 9.71. The third-order valence-corrected chi connectivity index (χ3v) is 2.57. The third kappa shape index (κ3) is 2.15. The van der Waals surface area contributed by atoms with Gasteiger partial charge in [-0.3, -0.25) is 0 Å². The Kier molecular flexibility index (Phi) is 3.19. The maximum atomic E-state index is 5.54. The highest BCUT2D eigenvalue weighted by molar-refractivity contribution is 7.80. The molecule has 1 aromatic carbocycles. The van der Waals surface area contributed by atoms with Crippen molar-refractivity contribution < 1.29 is 4.74 Å². The minimum Gasteiger partial charge on any atom is -0.493 e. The third-order valence-electron chi connectivity index (χ3n) is 2.35. The Morgan fingerprint density at radius 2 is 2.36 bits per heavy atom. The van der Waals surface area contributed by atoms with Crippen molar-refractivity contribution in [1.29, 1.82) is 0 Å². The van der Waals surface area contributed by atoms with Crippen molar-refractivity contribution in [3.05, 3.63) is 23.8 Å². The Hall–Kier alpha value is -0.830. The monoisotopic (exact) mass is 209 g/mol. The van der Waals surface area contributed by atoms with Gasteiger partial charge in [-0.25, -0.2) is 0 Å². The van der Waals surface area contributed by atoms with E-state index in [-0.39, 0.29) is 0 Å². The summed E-state index contributed by atoms with van der Waals surface area (Å²) < 4.78 is 5.54. The number of fused-ring (bicyclic) bond motifs is 1. The van der Waals surface area contributed by atoms with Gasteiger partial charge in [0.15, 0.2) is 0 Å². The molecule has 0 unspecified atom stereocenters. The molecular formula is C11H15NOS. The summed E-state index contributed by atoms with van der Waals surface area (Å²) in [7, 11) is 0. The lowest BCUT2D eigenvalue weighted by molar-refractivity contribution is 0.288. The highest BCUT2D eigenvalue weighted by atomic mass is 32.1. The number of ether oxygens (including phenoxy) is 1. The zero-order valence-electron chi connectivity index (χ0n) is 8.12. The van der Waals surface area contributed by atoms with Crippen LogP contribution in [0, 0.1) is 0 Å². The van der Waals surface area contributed by atoms with E-state index < -0.39 is 0 Å². The topological polar surface area (TPSA) is 21.3 Å². The van der Waals surface area contributed by atoms with Gasteiger partial charge >= 0.3 is 0 Å². The maximum Gasteiger partial charge on any atom is 0.122 e. The second-order valence-corrected chi connectivity index (χ2v) is 3.87. The van der Waals surface area contributed by atoms with Crippen LogP contribution in [0.5, 0.6) is 5.75 Å². The van der Waals surface area contributed by atoms with Gasteiger partial charge in [0.05, 0.1) is 6.61 Å². The maximum absolute atomic E-state index is 5.54. The van der Waals surface area contributed by atoms with Crippen LogP contribution in [0.2, 0.25) is 0 Å². The van der Waals surface area contributed by atoms with Gasteiger partial charge in [0, 0.05) is 18.0 Å². The minimum atomic E-state index is 0.855. The van der Waals surface area contributed by atoms with Crippen LogP contribution < -0.4 is 10.1 Å². The van der Waals surface area contributed by atoms with Crippen molar-refractivity contribution in [1.82, 2.24) is 0 Å². The largest absolute Gasteiger partial charge is 0.493 e. The molecule has 0 radical (unpaired) electrons. The molecule has 0 saturated carbocycles. The van der Waals surface area contributed by atoms with E-state index in [4.69, 9.17) is 4.74 Å². The smallest absolute Gasteiger partial charge is 0.122 e. The number of benzene rings is 1. The summed E-state index contributed by atoms with van der Waals surface area (Å²) in [6.45, 7) is 1.76. The van der Waals surface area contributed by atoms with Crippen molar-refractivity contribution in [2.24, 2.45) is 0 Å². The fourth-order valence-electron chi connectivity index (χ4n) is 1.67. The normalized spacial score (nSPS) is 14.4. The number of aryl methyl sites for hydroxylation is 1. The molecule has 2 nitrogen and oxygen atoms in total. The number of hydrogen-bond donors (Lipinski definition) is 2. The first-order valence-electron chi connectivity index (χ1n) is 5.00. The summed E-state index contributed by atoms with van der Waals surface area (Å²) in [6.07, 6.45) is 2.26. The van der Waals surface area contributed by atoms with E-state index >= 15 is 0 Å². The van der Waals surface area contributed by atoms with Gasteiger partial charge in [-0.05, 0) is 36.6 Å². The Morgan fingerprint density at radius 3 is 3.21 bits per heavy atom. The van der Waals surface area contributed by atoms with Crippen molar-refractivity contribution in [2.45, 2.75) is 12.8 Å². The molecule has 1 heterocycles. The molecule has 76 valence electrons. The minimum absolute atomic E-state index is 0.855. The molecule has 0 aromatic heterocycles. The summed E-state index contributed by atoms with van der Waals surface area (Å²) in [5.74, 6) is 1.90. The van der Waals surface area contributed by atoms with Crippen LogP contribution in [0.4, 0.5) is 5.69 Å². The Balaban J connectivity index is 2.12. The van der Waals surface area contributed by atoms with E-state index in [0.29, 0.717) is 0 Å². The second-order valence-electron chi connectivity index (χ2n) is 3.42. The molecule has 3 heteroatoms. The highest BCUT2D eigenvalue weighted by Gasteiger charge is 2.09. The zero-order valence-corrected chi connectivity index (χ0v) is 9.02. The average Bonchev–Trinajstić information content (AvgIpc) is 2.26. The van der Waals surface area contributed by atoms with E-state index in [9.17, 15) is 0 Å². The lowest BCUT2D eigenvalue weighted by atomic mass is 10.1. The molecule has 14 heavy (non-hydrogen) atoms. The molecule has 0 amide bonds. The zero-order chi connectivity index (χ0) is 9.80. The molecule has 0 fully saturated rings. The van der Waals surface area contributed by atoms with Gasteiger partial charge in [0.1, 0.15) is 5.75 Å². The van der Waals surface area contributed by atoms with Gasteiger partial charge in [-0.15, -0.1) is 0 Å². The number of thiol groups is 1. The summed E-state index contributed by atoms with van der Waals surface area (Å²) in [5, 5.41) is 3.31. The van der Waals surface area contributed by atoms with E-state index in [1.165, 1.54) is 11.3 Å². The Bertz CT molecular complexity index is 314. The average molecular weight is 209 g/mol. The van der Waals surface area contributed by atoms with Crippen LogP contribution in [0.1, 0.15) is 12.0 Å². The van der Waals surface area contributed by atoms with Gasteiger partial charge in [-0.2, -0.15) is 12.6 Å². The predicted molar refractivity (Wildman–Crippen MR) is 62.6 cm³/mol. The number of nitrogens with one attached hydrogen (secondary N) is 1. The summed E-state index contributed by atoms with van der Waals surface area (Å²) >= 11 is 4.16. The van der Waals surface area contributed by atoms with Gasteiger partial charge in [0.2, 0.25) is 0 Å². The lowest BCUT2D eigenvalue weighted by Crippen LogP contribution is -2.09. The van der Waals surface area contributed by atoms with E-state index in [2.05, 4.69) is 36.1 Å². The SMILES string of the molecule is SCCNc1ccc2c(c1)CCCO2. The van der Waals surface area contributed by atoms with Crippen molar-refractivity contribution in [2.75, 3.05) is 24.2 Å². The first-order chi connectivity index (χ1) is 6.90. The van der Waals surface area contributed by atoms with Gasteiger partial charge < -0.3 is 10.1 Å². The molecular weight excluding hydrogens is 194 g/mol. The lowest BCUT2D eigenvalue weighted by Gasteiger charge is -2.18. The predicted octanol–water partition coefficient (Wildman–Crippen LogP) is 2.35. The van der Waals surface area contributed by atoms with Crippen LogP contribution in [-0.2, 0) is 6.42 Å². The van der Waals surface area contributed by atoms with Crippen LogP contribution in [-0.4, -0.2) is 18.9 Å². The van der Waals surface area contributed by atoms with Crippen molar-refractivity contribution in [3.8, 4) is 5.75 Å². The van der Waals surface area contributed by atoms with E-state index in [1.54, 1.807) is 0 Å².